The van der Waals surface area contributed by atoms with Gasteiger partial charge in [-0.15, -0.1) is 0 Å². The molecule has 0 amide bonds. The predicted octanol–water partition coefficient (Wildman–Crippen LogP) is 0.448. The van der Waals surface area contributed by atoms with Crippen LogP contribution in [0.5, 0.6) is 0 Å². The Balaban J connectivity index is 3.05. The molecule has 1 heterocycles. The number of azide groups is 1. The van der Waals surface area contributed by atoms with Gasteiger partial charge in [-0.1, -0.05) is 5.11 Å². The van der Waals surface area contributed by atoms with Gasteiger partial charge in [0, 0.05) is 25.7 Å². The quantitative estimate of drug-likeness (QED) is 0.241. The van der Waals surface area contributed by atoms with Gasteiger partial charge in [-0.25, -0.2) is 0 Å². The lowest BCUT2D eigenvalue weighted by Crippen LogP contribution is -2.56. The van der Waals surface area contributed by atoms with Gasteiger partial charge in [0.15, 0.2) is 24.5 Å². The fourth-order valence-electron chi connectivity index (χ4n) is 1.87. The van der Waals surface area contributed by atoms with Gasteiger partial charge < -0.3 is 18.9 Å². The van der Waals surface area contributed by atoms with Crippen LogP contribution in [-0.2, 0) is 33.3 Å². The number of nitrogens with zero attached hydrogens (tertiary/aromatic N) is 3. The minimum Gasteiger partial charge on any atom is -0.456 e. The van der Waals surface area contributed by atoms with E-state index in [1.54, 1.807) is 0 Å². The molecule has 0 radical (unpaired) electrons. The fraction of sp³-hybridized carbons (Fsp3) is 0.727. The molecule has 1 saturated heterocycles. The van der Waals surface area contributed by atoms with Gasteiger partial charge in [-0.05, 0) is 5.53 Å². The zero-order chi connectivity index (χ0) is 16.0. The molecule has 21 heavy (non-hydrogen) atoms. The topological polar surface area (TPSA) is 137 Å². The van der Waals surface area contributed by atoms with Crippen molar-refractivity contribution in [3.63, 3.8) is 0 Å². The first-order valence-electron chi connectivity index (χ1n) is 6.02. The molecule has 0 aromatic rings. The van der Waals surface area contributed by atoms with E-state index in [9.17, 15) is 14.4 Å². The standard InChI is InChI=1S/C11H15N3O7/c1-5(15)19-8-4-18-11(13-14-12)10(21-7(3)17)9(8)20-6(2)16/h8-11H,4H2,1-3H3/t8-,9+,10+,11-/m1/s1. The van der Waals surface area contributed by atoms with Crippen LogP contribution in [0.15, 0.2) is 5.11 Å². The molecule has 116 valence electrons. The number of rotatable bonds is 4. The van der Waals surface area contributed by atoms with Gasteiger partial charge in [0.1, 0.15) is 0 Å². The normalized spacial score (nSPS) is 28.0. The lowest BCUT2D eigenvalue weighted by Gasteiger charge is -2.38. The zero-order valence-electron chi connectivity index (χ0n) is 11.7. The average molecular weight is 301 g/mol. The molecule has 0 spiro atoms. The molecule has 0 unspecified atom stereocenters. The lowest BCUT2D eigenvalue weighted by molar-refractivity contribution is -0.224. The van der Waals surface area contributed by atoms with Crippen LogP contribution in [0.1, 0.15) is 20.8 Å². The van der Waals surface area contributed by atoms with E-state index in [4.69, 9.17) is 24.5 Å². The van der Waals surface area contributed by atoms with Crippen molar-refractivity contribution in [2.75, 3.05) is 6.61 Å². The maximum Gasteiger partial charge on any atom is 0.303 e. The highest BCUT2D eigenvalue weighted by molar-refractivity contribution is 5.68. The molecule has 0 aromatic carbocycles. The van der Waals surface area contributed by atoms with Crippen LogP contribution < -0.4 is 0 Å². The molecular formula is C11H15N3O7. The van der Waals surface area contributed by atoms with E-state index in [2.05, 4.69) is 10.0 Å². The summed E-state index contributed by atoms with van der Waals surface area (Å²) < 4.78 is 20.2. The number of carbonyl (C=O) groups excluding carboxylic acids is 3. The highest BCUT2D eigenvalue weighted by atomic mass is 16.6. The average Bonchev–Trinajstić information content (AvgIpc) is 2.35. The Labute approximate surface area is 119 Å². The van der Waals surface area contributed by atoms with Crippen molar-refractivity contribution in [2.24, 2.45) is 5.11 Å². The molecule has 0 saturated carbocycles. The second-order valence-corrected chi connectivity index (χ2v) is 4.22. The third kappa shape index (κ3) is 4.93. The van der Waals surface area contributed by atoms with Gasteiger partial charge >= 0.3 is 17.9 Å². The van der Waals surface area contributed by atoms with Crippen LogP contribution in [0.25, 0.3) is 10.4 Å². The second kappa shape index (κ2) is 7.46. The van der Waals surface area contributed by atoms with Crippen molar-refractivity contribution in [3.8, 4) is 0 Å². The summed E-state index contributed by atoms with van der Waals surface area (Å²) in [5.41, 5.74) is 8.49. The van der Waals surface area contributed by atoms with Crippen LogP contribution in [-0.4, -0.2) is 49.1 Å². The molecule has 10 heteroatoms. The Morgan fingerprint density at radius 2 is 1.57 bits per heavy atom. The van der Waals surface area contributed by atoms with E-state index in [0.29, 0.717) is 0 Å². The van der Waals surface area contributed by atoms with Crippen LogP contribution in [0.3, 0.4) is 0 Å². The van der Waals surface area contributed by atoms with Gasteiger partial charge in [0.25, 0.3) is 0 Å². The summed E-state index contributed by atoms with van der Waals surface area (Å²) in [6.45, 7) is 3.28. The van der Waals surface area contributed by atoms with Crippen LogP contribution in [0.2, 0.25) is 0 Å². The Hall–Kier alpha value is -2.32. The number of hydrogen-bond donors (Lipinski definition) is 0. The summed E-state index contributed by atoms with van der Waals surface area (Å²) in [4.78, 5) is 36.0. The van der Waals surface area contributed by atoms with E-state index >= 15 is 0 Å². The number of esters is 3. The van der Waals surface area contributed by atoms with Crippen molar-refractivity contribution in [1.82, 2.24) is 0 Å². The fourth-order valence-corrected chi connectivity index (χ4v) is 1.87. The van der Waals surface area contributed by atoms with Crippen LogP contribution in [0.4, 0.5) is 0 Å². The third-order valence-electron chi connectivity index (χ3n) is 2.49. The first-order valence-corrected chi connectivity index (χ1v) is 6.02. The van der Waals surface area contributed by atoms with Crippen LogP contribution >= 0.6 is 0 Å². The maximum atomic E-state index is 11.2. The number of carbonyl (C=O) groups is 3. The highest BCUT2D eigenvalue weighted by Crippen LogP contribution is 2.25. The predicted molar refractivity (Wildman–Crippen MR) is 65.5 cm³/mol. The number of hydrogen-bond acceptors (Lipinski definition) is 8. The Morgan fingerprint density at radius 1 is 1.05 bits per heavy atom. The first-order chi connectivity index (χ1) is 9.85. The summed E-state index contributed by atoms with van der Waals surface area (Å²) in [6, 6.07) is 0. The largest absolute Gasteiger partial charge is 0.456 e. The summed E-state index contributed by atoms with van der Waals surface area (Å²) in [5.74, 6) is -1.98. The van der Waals surface area contributed by atoms with Gasteiger partial charge in [-0.2, -0.15) is 0 Å². The monoisotopic (exact) mass is 301 g/mol. The van der Waals surface area contributed by atoms with Crippen LogP contribution in [0, 0.1) is 0 Å². The lowest BCUT2D eigenvalue weighted by atomic mass is 10.0. The van der Waals surface area contributed by atoms with E-state index in [1.165, 1.54) is 6.92 Å². The highest BCUT2D eigenvalue weighted by Gasteiger charge is 2.46. The first kappa shape index (κ1) is 16.7. The summed E-state index contributed by atoms with van der Waals surface area (Å²) in [6.07, 6.45) is -4.49. The molecule has 1 aliphatic rings. The van der Waals surface area contributed by atoms with Gasteiger partial charge in [0.2, 0.25) is 0 Å². The molecule has 4 atom stereocenters. The molecule has 10 nitrogen and oxygen atoms in total. The Bertz CT molecular complexity index is 474. The van der Waals surface area contributed by atoms with Crippen molar-refractivity contribution in [2.45, 2.75) is 45.3 Å². The molecule has 1 aliphatic heterocycles. The van der Waals surface area contributed by atoms with Gasteiger partial charge in [-0.3, -0.25) is 14.4 Å². The van der Waals surface area contributed by atoms with E-state index in [-0.39, 0.29) is 6.61 Å². The molecule has 1 fully saturated rings. The molecular weight excluding hydrogens is 286 g/mol. The second-order valence-electron chi connectivity index (χ2n) is 4.22. The molecule has 0 aromatic heterocycles. The summed E-state index contributed by atoms with van der Waals surface area (Å²) in [7, 11) is 0. The van der Waals surface area contributed by atoms with E-state index in [0.717, 1.165) is 13.8 Å². The molecule has 0 aliphatic carbocycles. The maximum absolute atomic E-state index is 11.2. The molecule has 1 rings (SSSR count). The van der Waals surface area contributed by atoms with Gasteiger partial charge in [0.05, 0.1) is 6.61 Å². The van der Waals surface area contributed by atoms with Crippen molar-refractivity contribution in [3.05, 3.63) is 10.4 Å². The van der Waals surface area contributed by atoms with Crippen molar-refractivity contribution < 1.29 is 33.3 Å². The smallest absolute Gasteiger partial charge is 0.303 e. The summed E-state index contributed by atoms with van der Waals surface area (Å²) >= 11 is 0. The zero-order valence-corrected chi connectivity index (χ0v) is 11.7. The van der Waals surface area contributed by atoms with Crippen molar-refractivity contribution in [1.29, 1.82) is 0 Å². The Morgan fingerprint density at radius 3 is 2.05 bits per heavy atom. The summed E-state index contributed by atoms with van der Waals surface area (Å²) in [5, 5.41) is 3.34. The number of ether oxygens (including phenoxy) is 4. The SMILES string of the molecule is CC(=O)O[C@@H]1[C@H](OC(C)=O)[C@H](N=[N+]=[N-])OC[C@H]1OC(C)=O. The third-order valence-corrected chi connectivity index (χ3v) is 2.49. The minimum absolute atomic E-state index is 0.168. The minimum atomic E-state index is -1.21. The van der Waals surface area contributed by atoms with E-state index < -0.39 is 42.4 Å². The molecule has 0 bridgehead atoms. The van der Waals surface area contributed by atoms with Crippen molar-refractivity contribution >= 4 is 17.9 Å². The van der Waals surface area contributed by atoms with E-state index in [1.807, 2.05) is 0 Å². The molecule has 0 N–H and O–H groups in total. The Kier molecular flexibility index (Phi) is 5.94.